The fourth-order valence-electron chi connectivity index (χ4n) is 2.61. The van der Waals surface area contributed by atoms with E-state index in [4.69, 9.17) is 0 Å². The Hall–Kier alpha value is -2.83. The molecule has 1 N–H and O–H groups in total. The van der Waals surface area contributed by atoms with Gasteiger partial charge in [0.15, 0.2) is 5.60 Å². The summed E-state index contributed by atoms with van der Waals surface area (Å²) in [4.78, 5) is 110. The second kappa shape index (κ2) is 13.2. The summed E-state index contributed by atoms with van der Waals surface area (Å²) in [6.45, 7) is -3.53. The maximum absolute atomic E-state index is 12.2. The summed E-state index contributed by atoms with van der Waals surface area (Å²) >= 11 is 0. The number of rotatable bonds is 2. The fourth-order valence-corrected chi connectivity index (χ4v) is 2.61. The van der Waals surface area contributed by atoms with E-state index < -0.39 is 86.4 Å². The van der Waals surface area contributed by atoms with Crippen molar-refractivity contribution in [3.8, 4) is 0 Å². The van der Waals surface area contributed by atoms with E-state index in [1.807, 2.05) is 0 Å². The van der Waals surface area contributed by atoms with Gasteiger partial charge in [0.05, 0.1) is 18.8 Å². The predicted molar refractivity (Wildman–Crippen MR) is 88.6 cm³/mol. The molecular weight excluding hydrogens is 483 g/mol. The molecule has 17 nitrogen and oxygen atoms in total. The smallest absolute Gasteiger partial charge is 0.549 e. The van der Waals surface area contributed by atoms with Crippen molar-refractivity contribution < 1.29 is 103 Å². The van der Waals surface area contributed by atoms with Crippen LogP contribution in [-0.2, 0) is 62.9 Å². The van der Waals surface area contributed by atoms with Crippen LogP contribution in [0.5, 0.6) is 0 Å². The van der Waals surface area contributed by atoms with Crippen LogP contribution >= 0.6 is 0 Å². The molecule has 2 aliphatic rings. The molecule has 0 spiro atoms. The molecule has 182 valence electrons. The van der Waals surface area contributed by atoms with E-state index in [1.165, 1.54) is 0 Å². The first-order valence-electron chi connectivity index (χ1n) is 9.06. The van der Waals surface area contributed by atoms with Crippen LogP contribution in [0.3, 0.4) is 0 Å². The van der Waals surface area contributed by atoms with Gasteiger partial charge in [-0.05, 0) is 0 Å². The largest absolute Gasteiger partial charge is 1.00 e. The Bertz CT molecular complexity index is 848. The molecule has 0 aromatic carbocycles. The molecule has 34 heavy (non-hydrogen) atoms. The number of fused-ring (bicyclic) bond motifs is 6. The molecule has 0 amide bonds. The molecule has 2 atom stereocenters. The van der Waals surface area contributed by atoms with Crippen LogP contribution in [-0.4, -0.2) is 102 Å². The van der Waals surface area contributed by atoms with E-state index in [9.17, 15) is 43.8 Å². The fraction of sp³-hybridized carbons (Fsp3) is 0.562. The first-order chi connectivity index (χ1) is 15.5. The van der Waals surface area contributed by atoms with E-state index in [0.29, 0.717) is 0 Å². The zero-order valence-corrected chi connectivity index (χ0v) is 19.7. The van der Waals surface area contributed by atoms with E-state index in [1.54, 1.807) is 0 Å². The Morgan fingerprint density at radius 3 is 1.71 bits per heavy atom. The molecule has 2 unspecified atom stereocenters. The van der Waals surface area contributed by atoms with Crippen LogP contribution in [0.1, 0.15) is 12.8 Å². The van der Waals surface area contributed by atoms with Crippen molar-refractivity contribution in [1.29, 1.82) is 0 Å². The van der Waals surface area contributed by atoms with Crippen LogP contribution in [0.25, 0.3) is 0 Å². The minimum Gasteiger partial charge on any atom is -0.549 e. The monoisotopic (exact) mass is 500 g/mol. The Kier molecular flexibility index (Phi) is 11.3. The molecule has 0 aliphatic carbocycles. The number of aliphatic hydroxyl groups is 1. The number of carboxylic acids is 1. The Morgan fingerprint density at radius 2 is 1.21 bits per heavy atom. The average Bonchev–Trinajstić information content (AvgIpc) is 2.71. The first-order valence-corrected chi connectivity index (χ1v) is 9.06. The van der Waals surface area contributed by atoms with Crippen molar-refractivity contribution in [2.24, 2.45) is 0 Å². The van der Waals surface area contributed by atoms with Crippen molar-refractivity contribution in [3.63, 3.8) is 0 Å². The molecule has 2 rings (SSSR count). The number of carboxylic acid groups (broad SMARTS) is 1. The van der Waals surface area contributed by atoms with E-state index >= 15 is 0 Å². The number of hydrogen-bond donors (Lipinski definition) is 1. The van der Waals surface area contributed by atoms with Crippen LogP contribution < -0.4 is 34.7 Å². The summed E-state index contributed by atoms with van der Waals surface area (Å²) < 4.78 is 0. The molecule has 0 radical (unpaired) electrons. The first kappa shape index (κ1) is 29.2. The molecule has 2 bridgehead atoms. The van der Waals surface area contributed by atoms with Gasteiger partial charge in [0, 0.05) is 19.6 Å². The third-order valence-electron chi connectivity index (χ3n) is 4.06. The third-order valence-corrected chi connectivity index (χ3v) is 4.06. The standard InChI is InChI=1S/C16H18N2O15.Na/c19-9(20)5-17-1-2-18-7-13(24)31-29-11(22)4-16(27,15(26)33-32-14(25)8-18)3-10(21)28-30-12(23)6-17;/h27H,1-8H2,(H,19,20);/q;+1/p-1. The molecule has 2 aliphatic heterocycles. The minimum absolute atomic E-state index is 0. The second-order valence-corrected chi connectivity index (χ2v) is 6.83. The summed E-state index contributed by atoms with van der Waals surface area (Å²) in [5.41, 5.74) is -3.06. The van der Waals surface area contributed by atoms with Gasteiger partial charge in [0.1, 0.15) is 19.6 Å². The maximum atomic E-state index is 12.2. The van der Waals surface area contributed by atoms with Gasteiger partial charge in [-0.3, -0.25) is 9.80 Å². The van der Waals surface area contributed by atoms with Gasteiger partial charge < -0.3 is 15.0 Å². The molecule has 2 saturated heterocycles. The minimum atomic E-state index is -3.06. The number of carbonyl (C=O) groups excluding carboxylic acids is 7. The molecule has 2 heterocycles. The van der Waals surface area contributed by atoms with Crippen molar-refractivity contribution in [3.05, 3.63) is 0 Å². The van der Waals surface area contributed by atoms with Crippen LogP contribution in [0, 0.1) is 0 Å². The third kappa shape index (κ3) is 9.57. The van der Waals surface area contributed by atoms with Gasteiger partial charge in [-0.25, -0.2) is 58.1 Å². The zero-order chi connectivity index (χ0) is 24.6. The van der Waals surface area contributed by atoms with Gasteiger partial charge in [-0.1, -0.05) is 0 Å². The number of nitrogens with zero attached hydrogens (tertiary/aromatic N) is 2. The Balaban J connectivity index is 0.00000578. The average molecular weight is 500 g/mol. The van der Waals surface area contributed by atoms with Gasteiger partial charge in [0.25, 0.3) is 0 Å². The van der Waals surface area contributed by atoms with E-state index in [-0.39, 0.29) is 42.6 Å². The molecule has 0 aromatic rings. The molecule has 2 fully saturated rings. The summed E-state index contributed by atoms with van der Waals surface area (Å²) in [5, 5.41) is 21.4. The van der Waals surface area contributed by atoms with Crippen molar-refractivity contribution >= 4 is 41.8 Å². The van der Waals surface area contributed by atoms with Crippen LogP contribution in [0.15, 0.2) is 0 Å². The summed E-state index contributed by atoms with van der Waals surface area (Å²) in [6.07, 6.45) is -2.70. The molecule has 18 heteroatoms. The predicted octanol–water partition coefficient (Wildman–Crippen LogP) is -8.11. The quantitative estimate of drug-likeness (QED) is 0.274. The van der Waals surface area contributed by atoms with Crippen molar-refractivity contribution in [2.45, 2.75) is 18.4 Å². The van der Waals surface area contributed by atoms with Gasteiger partial charge in [-0.15, -0.1) is 0 Å². The Morgan fingerprint density at radius 1 is 0.765 bits per heavy atom. The molecule has 0 saturated carbocycles. The summed E-state index contributed by atoms with van der Waals surface area (Å²) in [6, 6.07) is 0. The number of aliphatic carboxylic acids is 1. The van der Waals surface area contributed by atoms with Gasteiger partial charge >= 0.3 is 65.4 Å². The molecule has 0 aromatic heterocycles. The summed E-state index contributed by atoms with van der Waals surface area (Å²) in [7, 11) is 0. The second-order valence-electron chi connectivity index (χ2n) is 6.83. The van der Waals surface area contributed by atoms with Crippen LogP contribution in [0.2, 0.25) is 0 Å². The zero-order valence-electron chi connectivity index (χ0n) is 17.7. The topological polar surface area (TPSA) is 225 Å². The van der Waals surface area contributed by atoms with E-state index in [0.717, 1.165) is 9.80 Å². The Labute approximate surface area is 211 Å². The van der Waals surface area contributed by atoms with Gasteiger partial charge in [0.2, 0.25) is 0 Å². The number of carbonyl (C=O) groups is 7. The van der Waals surface area contributed by atoms with Gasteiger partial charge in [-0.2, -0.15) is 0 Å². The normalized spacial score (nSPS) is 26.0. The SMILES string of the molecule is O=C([O-])CN1CCN2CC(=O)OOC(=O)CC(O)(CC(=O)OOC(=O)C1)C(=O)OOC(=O)C2.[Na+]. The number of hydrogen-bond acceptors (Lipinski definition) is 17. The van der Waals surface area contributed by atoms with Crippen molar-refractivity contribution in [1.82, 2.24) is 9.80 Å². The maximum Gasteiger partial charge on any atom is 1.00 e. The van der Waals surface area contributed by atoms with Crippen molar-refractivity contribution in [2.75, 3.05) is 39.3 Å². The van der Waals surface area contributed by atoms with Crippen LogP contribution in [0.4, 0.5) is 0 Å². The molecular formula is C16H17N2NaO15. The van der Waals surface area contributed by atoms with E-state index in [2.05, 4.69) is 29.3 Å². The summed E-state index contributed by atoms with van der Waals surface area (Å²) in [5.74, 6) is -10.2.